The lowest BCUT2D eigenvalue weighted by Gasteiger charge is -2.39. The molecule has 1 aliphatic rings. The molecule has 1 saturated heterocycles. The van der Waals surface area contributed by atoms with Gasteiger partial charge in [0.25, 0.3) is 0 Å². The van der Waals surface area contributed by atoms with E-state index in [1.165, 1.54) is 5.56 Å². The number of rotatable bonds is 6. The van der Waals surface area contributed by atoms with E-state index in [9.17, 15) is 4.79 Å². The average Bonchev–Trinajstić information content (AvgIpc) is 2.71. The van der Waals surface area contributed by atoms with Gasteiger partial charge in [-0.15, -0.1) is 0 Å². The van der Waals surface area contributed by atoms with E-state index in [0.717, 1.165) is 38.3 Å². The van der Waals surface area contributed by atoms with Crippen LogP contribution in [0.3, 0.4) is 0 Å². The highest BCUT2D eigenvalue weighted by Crippen LogP contribution is 2.24. The van der Waals surface area contributed by atoms with Crippen molar-refractivity contribution >= 4 is 12.0 Å². The van der Waals surface area contributed by atoms with Crippen molar-refractivity contribution in [3.05, 3.63) is 77.9 Å². The number of carbonyl (C=O) groups excluding carboxylic acids is 1. The summed E-state index contributed by atoms with van der Waals surface area (Å²) in [6, 6.07) is 20.3. The molecule has 2 aromatic rings. The van der Waals surface area contributed by atoms with Gasteiger partial charge >= 0.3 is 0 Å². The maximum atomic E-state index is 12.8. The Morgan fingerprint density at radius 2 is 1.56 bits per heavy atom. The third-order valence-electron chi connectivity index (χ3n) is 5.04. The molecule has 27 heavy (non-hydrogen) atoms. The molecule has 0 saturated carbocycles. The van der Waals surface area contributed by atoms with E-state index in [1.807, 2.05) is 38.4 Å². The highest BCUT2D eigenvalue weighted by atomic mass is 16.2. The molecule has 2 aromatic carbocycles. The van der Waals surface area contributed by atoms with Crippen LogP contribution in [0, 0.1) is 0 Å². The number of piperazine rings is 1. The van der Waals surface area contributed by atoms with Gasteiger partial charge in [0.2, 0.25) is 5.91 Å². The smallest absolute Gasteiger partial charge is 0.244 e. The normalized spacial score (nSPS) is 17.1. The van der Waals surface area contributed by atoms with Crippen molar-refractivity contribution in [3.63, 3.8) is 0 Å². The van der Waals surface area contributed by atoms with Crippen molar-refractivity contribution < 1.29 is 4.79 Å². The fraction of sp³-hybridized carbons (Fsp3) is 0.348. The van der Waals surface area contributed by atoms with Crippen LogP contribution in [0.25, 0.3) is 6.08 Å². The minimum absolute atomic E-state index is 0.152. The van der Waals surface area contributed by atoms with E-state index in [-0.39, 0.29) is 11.9 Å². The van der Waals surface area contributed by atoms with Crippen LogP contribution in [0.5, 0.6) is 0 Å². The number of likely N-dealkylation sites (N-methyl/N-ethyl adjacent to an activating group) is 1. The monoisotopic (exact) mass is 363 g/mol. The lowest BCUT2D eigenvalue weighted by atomic mass is 10.0. The Bertz CT molecular complexity index is 735. The molecule has 0 aromatic heterocycles. The van der Waals surface area contributed by atoms with Crippen LogP contribution in [0.15, 0.2) is 66.7 Å². The summed E-state index contributed by atoms with van der Waals surface area (Å²) in [5, 5.41) is 0. The summed E-state index contributed by atoms with van der Waals surface area (Å²) in [6.07, 6.45) is 4.40. The first-order valence-electron chi connectivity index (χ1n) is 9.59. The van der Waals surface area contributed by atoms with Gasteiger partial charge in [-0.2, -0.15) is 0 Å². The van der Waals surface area contributed by atoms with Crippen molar-refractivity contribution in [1.82, 2.24) is 14.7 Å². The standard InChI is InChI=1S/C23H29N3O/c1-24(2)23(27)22(21-13-7-4-8-14-21)26-18-16-25(17-19-26)15-9-12-20-10-5-3-6-11-20/h3-14,22H,15-19H2,1-2H3/b12-9+/t22-/m1/s1. The molecule has 1 atom stereocenters. The van der Waals surface area contributed by atoms with Gasteiger partial charge in [-0.25, -0.2) is 0 Å². The first-order chi connectivity index (χ1) is 13.1. The molecular weight excluding hydrogens is 334 g/mol. The van der Waals surface area contributed by atoms with Crippen LogP contribution < -0.4 is 0 Å². The van der Waals surface area contributed by atoms with Crippen molar-refractivity contribution in [1.29, 1.82) is 0 Å². The molecule has 142 valence electrons. The summed E-state index contributed by atoms with van der Waals surface area (Å²) in [6.45, 7) is 4.70. The zero-order valence-electron chi connectivity index (χ0n) is 16.3. The Morgan fingerprint density at radius 1 is 0.963 bits per heavy atom. The van der Waals surface area contributed by atoms with Gasteiger partial charge in [-0.05, 0) is 11.1 Å². The summed E-state index contributed by atoms with van der Waals surface area (Å²) >= 11 is 0. The van der Waals surface area contributed by atoms with E-state index in [0.29, 0.717) is 0 Å². The Kier molecular flexibility index (Phi) is 6.80. The second-order valence-electron chi connectivity index (χ2n) is 7.20. The molecule has 4 heteroatoms. The second-order valence-corrected chi connectivity index (χ2v) is 7.20. The van der Waals surface area contributed by atoms with Gasteiger partial charge in [-0.1, -0.05) is 72.8 Å². The van der Waals surface area contributed by atoms with E-state index < -0.39 is 0 Å². The van der Waals surface area contributed by atoms with Gasteiger partial charge in [-0.3, -0.25) is 14.6 Å². The lowest BCUT2D eigenvalue weighted by molar-refractivity contribution is -0.135. The first-order valence-corrected chi connectivity index (χ1v) is 9.59. The van der Waals surface area contributed by atoms with Gasteiger partial charge < -0.3 is 4.90 Å². The maximum Gasteiger partial charge on any atom is 0.244 e. The number of hydrogen-bond acceptors (Lipinski definition) is 3. The van der Waals surface area contributed by atoms with Crippen molar-refractivity contribution in [2.75, 3.05) is 46.8 Å². The number of hydrogen-bond donors (Lipinski definition) is 0. The summed E-state index contributed by atoms with van der Waals surface area (Å²) in [5.74, 6) is 0.152. The molecule has 0 aliphatic carbocycles. The first kappa shape index (κ1) is 19.3. The maximum absolute atomic E-state index is 12.8. The molecule has 1 fully saturated rings. The lowest BCUT2D eigenvalue weighted by Crippen LogP contribution is -2.50. The fourth-order valence-electron chi connectivity index (χ4n) is 3.50. The van der Waals surface area contributed by atoms with Gasteiger partial charge in [0.1, 0.15) is 6.04 Å². The quantitative estimate of drug-likeness (QED) is 0.789. The Morgan fingerprint density at radius 3 is 2.15 bits per heavy atom. The molecule has 0 bridgehead atoms. The number of benzene rings is 2. The third kappa shape index (κ3) is 5.28. The van der Waals surface area contributed by atoms with Gasteiger partial charge in [0.05, 0.1) is 0 Å². The highest BCUT2D eigenvalue weighted by molar-refractivity contribution is 5.82. The molecule has 1 amide bonds. The molecule has 1 heterocycles. The summed E-state index contributed by atoms with van der Waals surface area (Å²) in [5.41, 5.74) is 2.31. The van der Waals surface area contributed by atoms with Crippen LogP contribution in [0.1, 0.15) is 17.2 Å². The predicted molar refractivity (Wildman–Crippen MR) is 111 cm³/mol. The van der Waals surface area contributed by atoms with Crippen LogP contribution in [-0.2, 0) is 4.79 Å². The number of amides is 1. The molecule has 0 radical (unpaired) electrons. The Labute approximate surface area is 162 Å². The number of carbonyl (C=O) groups is 1. The molecule has 0 unspecified atom stereocenters. The van der Waals surface area contributed by atoms with Crippen LogP contribution in [-0.4, -0.2) is 67.4 Å². The number of nitrogens with zero attached hydrogens (tertiary/aromatic N) is 3. The average molecular weight is 364 g/mol. The molecule has 0 N–H and O–H groups in total. The van der Waals surface area contributed by atoms with Crippen LogP contribution in [0.4, 0.5) is 0 Å². The molecule has 0 spiro atoms. The topological polar surface area (TPSA) is 26.8 Å². The van der Waals surface area contributed by atoms with Crippen LogP contribution in [0.2, 0.25) is 0 Å². The van der Waals surface area contributed by atoms with E-state index >= 15 is 0 Å². The Hall–Kier alpha value is -2.43. The Balaban J connectivity index is 1.59. The molecule has 3 rings (SSSR count). The third-order valence-corrected chi connectivity index (χ3v) is 5.04. The van der Waals surface area contributed by atoms with Crippen molar-refractivity contribution in [2.24, 2.45) is 0 Å². The van der Waals surface area contributed by atoms with E-state index in [4.69, 9.17) is 0 Å². The minimum atomic E-state index is -0.191. The second kappa shape index (κ2) is 9.49. The molecule has 1 aliphatic heterocycles. The summed E-state index contributed by atoms with van der Waals surface area (Å²) in [7, 11) is 3.67. The zero-order valence-corrected chi connectivity index (χ0v) is 16.3. The summed E-state index contributed by atoms with van der Waals surface area (Å²) < 4.78 is 0. The molecular formula is C23H29N3O. The zero-order chi connectivity index (χ0) is 19.1. The SMILES string of the molecule is CN(C)C(=O)[C@@H](c1ccccc1)N1CCN(C/C=C/c2ccccc2)CC1. The van der Waals surface area contributed by atoms with Crippen molar-refractivity contribution in [2.45, 2.75) is 6.04 Å². The van der Waals surface area contributed by atoms with Gasteiger partial charge in [0, 0.05) is 46.8 Å². The van der Waals surface area contributed by atoms with Gasteiger partial charge in [0.15, 0.2) is 0 Å². The minimum Gasteiger partial charge on any atom is -0.347 e. The van der Waals surface area contributed by atoms with Crippen LogP contribution >= 0.6 is 0 Å². The van der Waals surface area contributed by atoms with Crippen molar-refractivity contribution in [3.8, 4) is 0 Å². The summed E-state index contributed by atoms with van der Waals surface area (Å²) in [4.78, 5) is 19.3. The molecule has 4 nitrogen and oxygen atoms in total. The highest BCUT2D eigenvalue weighted by Gasteiger charge is 2.31. The fourth-order valence-corrected chi connectivity index (χ4v) is 3.50. The van der Waals surface area contributed by atoms with E-state index in [1.54, 1.807) is 4.90 Å². The largest absolute Gasteiger partial charge is 0.347 e. The van der Waals surface area contributed by atoms with E-state index in [2.05, 4.69) is 58.4 Å². The predicted octanol–water partition coefficient (Wildman–Crippen LogP) is 3.15.